The lowest BCUT2D eigenvalue weighted by Crippen LogP contribution is -2.34. The predicted molar refractivity (Wildman–Crippen MR) is 153 cm³/mol. The number of hydrogen-bond donors (Lipinski definition) is 2. The second-order valence-corrected chi connectivity index (χ2v) is 10.7. The third-order valence-electron chi connectivity index (χ3n) is 6.21. The maximum absolute atomic E-state index is 6.47. The highest BCUT2D eigenvalue weighted by Gasteiger charge is 2.25. The van der Waals surface area contributed by atoms with Gasteiger partial charge in [-0.2, -0.15) is 4.98 Å². The Bertz CT molecular complexity index is 1210. The fourth-order valence-corrected chi connectivity index (χ4v) is 5.37. The number of piperidine rings is 1. The number of ether oxygens (including phenoxy) is 1. The minimum Gasteiger partial charge on any atom is -0.489 e. The van der Waals surface area contributed by atoms with Gasteiger partial charge in [-0.3, -0.25) is 0 Å². The molecule has 0 saturated carbocycles. The van der Waals surface area contributed by atoms with E-state index < -0.39 is 0 Å². The summed E-state index contributed by atoms with van der Waals surface area (Å²) in [4.78, 5) is 12.7. The van der Waals surface area contributed by atoms with E-state index in [1.54, 1.807) is 18.0 Å². The number of nitrogens with two attached hydrogens (primary N) is 1. The maximum atomic E-state index is 6.47. The zero-order valence-electron chi connectivity index (χ0n) is 21.1. The van der Waals surface area contributed by atoms with Crippen molar-refractivity contribution in [2.24, 2.45) is 0 Å². The third kappa shape index (κ3) is 6.26. The van der Waals surface area contributed by atoms with Crippen LogP contribution in [-0.4, -0.2) is 34.9 Å². The molecule has 1 aliphatic heterocycles. The standard InChI is InChI=1S/C28H34ClN5OS/c1-5-14-36-26-9-7-6-8-24(26)32-27-22(29)17-31-28(33-27)34-12-10-20(11-13-34)21-16-25(35-18(2)3)23(30)15-19(21)4/h5-9,15-18,20H,1,10-14,30H2,2-4H3,(H,31,32,33). The zero-order valence-corrected chi connectivity index (χ0v) is 22.7. The van der Waals surface area contributed by atoms with Gasteiger partial charge < -0.3 is 20.7 Å². The van der Waals surface area contributed by atoms with Gasteiger partial charge in [-0.1, -0.05) is 29.8 Å². The van der Waals surface area contributed by atoms with Crippen LogP contribution in [0, 0.1) is 6.92 Å². The van der Waals surface area contributed by atoms with Crippen LogP contribution in [0.2, 0.25) is 5.02 Å². The van der Waals surface area contributed by atoms with E-state index in [0.29, 0.717) is 28.4 Å². The van der Waals surface area contributed by atoms with E-state index in [1.165, 1.54) is 11.1 Å². The molecule has 0 unspecified atom stereocenters. The van der Waals surface area contributed by atoms with Crippen LogP contribution in [0.3, 0.4) is 0 Å². The minimum atomic E-state index is 0.0853. The molecule has 190 valence electrons. The summed E-state index contributed by atoms with van der Waals surface area (Å²) in [6.45, 7) is 11.7. The van der Waals surface area contributed by atoms with E-state index >= 15 is 0 Å². The van der Waals surface area contributed by atoms with Gasteiger partial charge in [0.2, 0.25) is 5.95 Å². The van der Waals surface area contributed by atoms with Crippen molar-refractivity contribution < 1.29 is 4.74 Å². The van der Waals surface area contributed by atoms with Crippen molar-refractivity contribution in [2.75, 3.05) is 34.8 Å². The number of thioether (sulfide) groups is 1. The molecule has 0 aliphatic carbocycles. The van der Waals surface area contributed by atoms with Gasteiger partial charge in [-0.05, 0) is 74.9 Å². The van der Waals surface area contributed by atoms with E-state index in [-0.39, 0.29) is 6.10 Å². The van der Waals surface area contributed by atoms with Crippen molar-refractivity contribution in [3.05, 3.63) is 71.4 Å². The third-order valence-corrected chi connectivity index (χ3v) is 7.55. The Balaban J connectivity index is 1.47. The van der Waals surface area contributed by atoms with Crippen molar-refractivity contribution in [3.8, 4) is 5.75 Å². The largest absolute Gasteiger partial charge is 0.489 e. The Morgan fingerprint density at radius 3 is 2.75 bits per heavy atom. The predicted octanol–water partition coefficient (Wildman–Crippen LogP) is 7.21. The van der Waals surface area contributed by atoms with Crippen molar-refractivity contribution >= 4 is 46.5 Å². The molecule has 1 aromatic heterocycles. The van der Waals surface area contributed by atoms with Gasteiger partial charge in [0.1, 0.15) is 10.8 Å². The summed E-state index contributed by atoms with van der Waals surface area (Å²) < 4.78 is 5.94. The summed E-state index contributed by atoms with van der Waals surface area (Å²) in [6, 6.07) is 12.3. The summed E-state index contributed by atoms with van der Waals surface area (Å²) >= 11 is 8.19. The first-order valence-electron chi connectivity index (χ1n) is 12.3. The number of nitrogens with zero attached hydrogens (tertiary/aromatic N) is 3. The van der Waals surface area contributed by atoms with Crippen molar-refractivity contribution in [3.63, 3.8) is 0 Å². The molecule has 2 heterocycles. The summed E-state index contributed by atoms with van der Waals surface area (Å²) in [6.07, 6.45) is 5.66. The Hall–Kier alpha value is -2.90. The van der Waals surface area contributed by atoms with Crippen LogP contribution in [0.5, 0.6) is 5.75 Å². The first kappa shape index (κ1) is 26.2. The van der Waals surface area contributed by atoms with E-state index in [1.807, 2.05) is 44.2 Å². The molecular formula is C28H34ClN5OS. The topological polar surface area (TPSA) is 76.3 Å². The first-order chi connectivity index (χ1) is 17.4. The zero-order chi connectivity index (χ0) is 25.7. The number of aryl methyl sites for hydroxylation is 1. The van der Waals surface area contributed by atoms with E-state index in [4.69, 9.17) is 27.1 Å². The first-order valence-corrected chi connectivity index (χ1v) is 13.7. The second kappa shape index (κ2) is 11.9. The summed E-state index contributed by atoms with van der Waals surface area (Å²) in [5.74, 6) is 3.34. The quantitative estimate of drug-likeness (QED) is 0.174. The van der Waals surface area contributed by atoms with Crippen LogP contribution in [0.15, 0.2) is 60.1 Å². The Morgan fingerprint density at radius 2 is 2.03 bits per heavy atom. The molecule has 3 N–H and O–H groups in total. The van der Waals surface area contributed by atoms with Gasteiger partial charge in [0.25, 0.3) is 0 Å². The maximum Gasteiger partial charge on any atom is 0.227 e. The number of halogens is 1. The molecule has 1 saturated heterocycles. The van der Waals surface area contributed by atoms with Crippen LogP contribution in [0.4, 0.5) is 23.1 Å². The average Bonchev–Trinajstić information content (AvgIpc) is 2.86. The molecule has 3 aromatic rings. The molecule has 0 bridgehead atoms. The molecule has 1 fully saturated rings. The number of aromatic nitrogens is 2. The molecule has 8 heteroatoms. The summed E-state index contributed by atoms with van der Waals surface area (Å²) in [5, 5.41) is 3.90. The van der Waals surface area contributed by atoms with Gasteiger partial charge in [0, 0.05) is 23.7 Å². The minimum absolute atomic E-state index is 0.0853. The molecule has 6 nitrogen and oxygen atoms in total. The number of rotatable bonds is 9. The highest BCUT2D eigenvalue weighted by atomic mass is 35.5. The van der Waals surface area contributed by atoms with E-state index in [9.17, 15) is 0 Å². The molecule has 0 amide bonds. The van der Waals surface area contributed by atoms with E-state index in [0.717, 1.165) is 48.0 Å². The number of anilines is 4. The number of nitrogen functional groups attached to an aromatic ring is 1. The highest BCUT2D eigenvalue weighted by molar-refractivity contribution is 7.99. The molecule has 0 atom stereocenters. The van der Waals surface area contributed by atoms with Crippen molar-refractivity contribution in [2.45, 2.75) is 50.5 Å². The van der Waals surface area contributed by atoms with Crippen LogP contribution >= 0.6 is 23.4 Å². The van der Waals surface area contributed by atoms with Crippen molar-refractivity contribution in [1.82, 2.24) is 9.97 Å². The number of benzene rings is 2. The fourth-order valence-electron chi connectivity index (χ4n) is 4.48. The van der Waals surface area contributed by atoms with Crippen LogP contribution < -0.4 is 20.7 Å². The molecule has 36 heavy (non-hydrogen) atoms. The van der Waals surface area contributed by atoms with Gasteiger partial charge in [0.15, 0.2) is 5.82 Å². The van der Waals surface area contributed by atoms with Gasteiger partial charge in [0.05, 0.1) is 23.7 Å². The molecule has 2 aromatic carbocycles. The SMILES string of the molecule is C=CCSc1ccccc1Nc1nc(N2CCC(c3cc(OC(C)C)c(N)cc3C)CC2)ncc1Cl. The molecular weight excluding hydrogens is 490 g/mol. The van der Waals surface area contributed by atoms with Crippen LogP contribution in [0.1, 0.15) is 43.7 Å². The number of hydrogen-bond acceptors (Lipinski definition) is 7. The average molecular weight is 524 g/mol. The Labute approximate surface area is 223 Å². The lowest BCUT2D eigenvalue weighted by Gasteiger charge is -2.33. The molecule has 4 rings (SSSR count). The monoisotopic (exact) mass is 523 g/mol. The van der Waals surface area contributed by atoms with Gasteiger partial charge in [-0.25, -0.2) is 4.98 Å². The highest BCUT2D eigenvalue weighted by Crippen LogP contribution is 2.37. The van der Waals surface area contributed by atoms with Gasteiger partial charge in [-0.15, -0.1) is 18.3 Å². The fraction of sp³-hybridized carbons (Fsp3) is 0.357. The summed E-state index contributed by atoms with van der Waals surface area (Å²) in [5.41, 5.74) is 10.4. The summed E-state index contributed by atoms with van der Waals surface area (Å²) in [7, 11) is 0. The second-order valence-electron chi connectivity index (χ2n) is 9.26. The van der Waals surface area contributed by atoms with E-state index in [2.05, 4.69) is 40.8 Å². The molecule has 0 spiro atoms. The number of nitrogens with one attached hydrogen (secondary N) is 1. The Kier molecular flexibility index (Phi) is 8.64. The lowest BCUT2D eigenvalue weighted by atomic mass is 9.86. The number of para-hydroxylation sites is 1. The molecule has 1 aliphatic rings. The van der Waals surface area contributed by atoms with Crippen molar-refractivity contribution in [1.29, 1.82) is 0 Å². The van der Waals surface area contributed by atoms with Crippen LogP contribution in [-0.2, 0) is 0 Å². The smallest absolute Gasteiger partial charge is 0.227 e. The Morgan fingerprint density at radius 1 is 1.28 bits per heavy atom. The van der Waals surface area contributed by atoms with Gasteiger partial charge >= 0.3 is 0 Å². The lowest BCUT2D eigenvalue weighted by molar-refractivity contribution is 0.243. The molecule has 0 radical (unpaired) electrons. The normalized spacial score (nSPS) is 14.2. The van der Waals surface area contributed by atoms with Crippen LogP contribution in [0.25, 0.3) is 0 Å².